The van der Waals surface area contributed by atoms with Gasteiger partial charge in [-0.25, -0.2) is 4.39 Å². The number of amides is 1. The Morgan fingerprint density at radius 3 is 2.57 bits per heavy atom. The van der Waals surface area contributed by atoms with E-state index in [-0.39, 0.29) is 47.3 Å². The van der Waals surface area contributed by atoms with E-state index in [1.165, 1.54) is 19.9 Å². The molecule has 0 bridgehead atoms. The smallest absolute Gasteiger partial charge is 0.309 e. The molecule has 1 fully saturated rings. The Bertz CT molecular complexity index is 1300. The molecule has 1 aliphatic rings. The second kappa shape index (κ2) is 10.6. The first kappa shape index (κ1) is 26.7. The van der Waals surface area contributed by atoms with Crippen LogP contribution in [0.15, 0.2) is 33.3 Å². The fourth-order valence-electron chi connectivity index (χ4n) is 4.03. The molecule has 4 rings (SSSR count). The van der Waals surface area contributed by atoms with Gasteiger partial charge in [-0.05, 0) is 43.4 Å². The van der Waals surface area contributed by atoms with Crippen molar-refractivity contribution in [3.63, 3.8) is 0 Å². The summed E-state index contributed by atoms with van der Waals surface area (Å²) in [5.74, 6) is -7.46. The minimum atomic E-state index is -3.24. The summed E-state index contributed by atoms with van der Waals surface area (Å²) >= 11 is 6.00. The summed E-state index contributed by atoms with van der Waals surface area (Å²) in [6.45, 7) is 2.73. The molecule has 0 radical (unpaired) electrons. The lowest BCUT2D eigenvalue weighted by atomic mass is 9.90. The van der Waals surface area contributed by atoms with Crippen molar-refractivity contribution in [1.82, 2.24) is 10.3 Å². The molecule has 37 heavy (non-hydrogen) atoms. The Morgan fingerprint density at radius 1 is 1.22 bits per heavy atom. The number of nitrogens with zero attached hydrogens (tertiary/aromatic N) is 2. The molecule has 0 saturated heterocycles. The Hall–Kier alpha value is -3.34. The Kier molecular flexibility index (Phi) is 7.63. The van der Waals surface area contributed by atoms with Crippen LogP contribution in [0.25, 0.3) is 11.5 Å². The number of carboxylic acids is 1. The number of rotatable bonds is 11. The highest BCUT2D eigenvalue weighted by Gasteiger charge is 2.42. The van der Waals surface area contributed by atoms with Crippen molar-refractivity contribution in [2.75, 3.05) is 5.32 Å². The summed E-state index contributed by atoms with van der Waals surface area (Å²) in [6, 6.07) is 4.64. The molecule has 0 unspecified atom stereocenters. The van der Waals surface area contributed by atoms with E-state index in [1.54, 1.807) is 0 Å². The molecular weight excluding hydrogens is 515 g/mol. The molecule has 8 nitrogen and oxygen atoms in total. The molecule has 1 amide bonds. The van der Waals surface area contributed by atoms with Gasteiger partial charge in [-0.15, -0.1) is 0 Å². The highest BCUT2D eigenvalue weighted by Crippen LogP contribution is 2.49. The van der Waals surface area contributed by atoms with Crippen LogP contribution < -0.4 is 5.32 Å². The number of anilines is 1. The molecule has 0 spiro atoms. The van der Waals surface area contributed by atoms with Crippen LogP contribution in [0.4, 0.5) is 18.9 Å². The monoisotopic (exact) mass is 539 g/mol. The van der Waals surface area contributed by atoms with E-state index in [0.29, 0.717) is 11.3 Å². The first-order valence-corrected chi connectivity index (χ1v) is 12.2. The first-order chi connectivity index (χ1) is 17.5. The summed E-state index contributed by atoms with van der Waals surface area (Å²) in [5, 5.41) is 19.8. The van der Waals surface area contributed by atoms with E-state index >= 15 is 0 Å². The molecular formula is C25H25ClF3N3O5. The van der Waals surface area contributed by atoms with Crippen molar-refractivity contribution in [3.8, 4) is 11.5 Å². The van der Waals surface area contributed by atoms with Crippen molar-refractivity contribution >= 4 is 29.2 Å². The van der Waals surface area contributed by atoms with Crippen molar-refractivity contribution < 1.29 is 36.9 Å². The van der Waals surface area contributed by atoms with Gasteiger partial charge in [-0.1, -0.05) is 35.8 Å². The second-order valence-electron chi connectivity index (χ2n) is 9.44. The zero-order valence-electron chi connectivity index (χ0n) is 20.1. The minimum absolute atomic E-state index is 0.00365. The van der Waals surface area contributed by atoms with Gasteiger partial charge >= 0.3 is 11.9 Å². The topological polar surface area (TPSA) is 118 Å². The van der Waals surface area contributed by atoms with Crippen LogP contribution in [-0.4, -0.2) is 27.3 Å². The van der Waals surface area contributed by atoms with E-state index < -0.39 is 41.2 Å². The number of aromatic nitrogens is 2. The van der Waals surface area contributed by atoms with Crippen LogP contribution in [0.5, 0.6) is 0 Å². The molecule has 2 heterocycles. The minimum Gasteiger partial charge on any atom is -0.481 e. The zero-order chi connectivity index (χ0) is 26.9. The fourth-order valence-corrected chi connectivity index (χ4v) is 4.24. The SMILES string of the molecule is CC(C)C(F)(F)c1cc(-c2onc([C@@H](CCC(=O)O)CC(=O)Nc3ccc(F)cc3Cl)c2C2CC2)no1. The van der Waals surface area contributed by atoms with Crippen LogP contribution >= 0.6 is 11.6 Å². The highest BCUT2D eigenvalue weighted by atomic mass is 35.5. The Morgan fingerprint density at radius 2 is 1.95 bits per heavy atom. The number of carbonyl (C=O) groups excluding carboxylic acids is 1. The van der Waals surface area contributed by atoms with Gasteiger partial charge in [0.15, 0.2) is 11.5 Å². The number of aliphatic carboxylic acids is 1. The highest BCUT2D eigenvalue weighted by molar-refractivity contribution is 6.33. The molecule has 3 aromatic rings. The molecule has 198 valence electrons. The van der Waals surface area contributed by atoms with Crippen LogP contribution in [0, 0.1) is 11.7 Å². The molecule has 12 heteroatoms. The van der Waals surface area contributed by atoms with Gasteiger partial charge in [0.1, 0.15) is 5.82 Å². The predicted molar refractivity (Wildman–Crippen MR) is 127 cm³/mol. The largest absolute Gasteiger partial charge is 0.481 e. The van der Waals surface area contributed by atoms with Crippen LogP contribution in [0.2, 0.25) is 5.02 Å². The zero-order valence-corrected chi connectivity index (χ0v) is 20.8. The van der Waals surface area contributed by atoms with Gasteiger partial charge in [0.25, 0.3) is 0 Å². The van der Waals surface area contributed by atoms with E-state index in [1.807, 2.05) is 0 Å². The maximum absolute atomic E-state index is 14.5. The third-order valence-corrected chi connectivity index (χ3v) is 6.58. The maximum Gasteiger partial charge on any atom is 0.309 e. The average molecular weight is 540 g/mol. The molecule has 1 atom stereocenters. The average Bonchev–Trinajstić information content (AvgIpc) is 3.36. The van der Waals surface area contributed by atoms with Gasteiger partial charge in [0, 0.05) is 36.3 Å². The van der Waals surface area contributed by atoms with Crippen LogP contribution in [0.3, 0.4) is 0 Å². The normalized spacial score (nSPS) is 14.7. The standard InChI is InChI=1S/C25H25ClF3N3O5/c1-12(2)25(28,29)19-11-18(31-36-19)24-22(13-3-4-13)23(32-37-24)14(5-8-21(34)35)9-20(33)30-17-7-6-15(27)10-16(17)26/h6-7,10-14H,3-5,8-9H2,1-2H3,(H,30,33)(H,34,35)/t14-/m0/s1. The summed E-state index contributed by atoms with van der Waals surface area (Å²) in [7, 11) is 0. The molecule has 2 N–H and O–H groups in total. The van der Waals surface area contributed by atoms with E-state index in [4.69, 9.17) is 20.6 Å². The van der Waals surface area contributed by atoms with Gasteiger partial charge in [-0.2, -0.15) is 8.78 Å². The number of halogens is 4. The van der Waals surface area contributed by atoms with E-state index in [0.717, 1.165) is 31.0 Å². The lowest BCUT2D eigenvalue weighted by Gasteiger charge is -2.16. The number of hydrogen-bond donors (Lipinski definition) is 2. The Balaban J connectivity index is 1.63. The third-order valence-electron chi connectivity index (χ3n) is 6.27. The fraction of sp³-hybridized carbons (Fsp3) is 0.440. The lowest BCUT2D eigenvalue weighted by molar-refractivity contribution is -0.137. The van der Waals surface area contributed by atoms with Crippen molar-refractivity contribution in [3.05, 3.63) is 52.1 Å². The summed E-state index contributed by atoms with van der Waals surface area (Å²) in [5.41, 5.74) is 1.24. The number of carbonyl (C=O) groups is 2. The Labute approximate surface area is 215 Å². The molecule has 1 saturated carbocycles. The van der Waals surface area contributed by atoms with Gasteiger partial charge in [0.05, 0.1) is 16.4 Å². The number of benzene rings is 1. The molecule has 2 aromatic heterocycles. The van der Waals surface area contributed by atoms with Gasteiger partial charge in [0.2, 0.25) is 11.7 Å². The molecule has 1 aromatic carbocycles. The van der Waals surface area contributed by atoms with Crippen LogP contribution in [0.1, 0.15) is 74.8 Å². The van der Waals surface area contributed by atoms with E-state index in [2.05, 4.69) is 15.6 Å². The maximum atomic E-state index is 14.5. The van der Waals surface area contributed by atoms with Crippen LogP contribution in [-0.2, 0) is 15.5 Å². The number of carboxylic acid groups (broad SMARTS) is 1. The van der Waals surface area contributed by atoms with Crippen molar-refractivity contribution in [1.29, 1.82) is 0 Å². The molecule has 1 aliphatic carbocycles. The van der Waals surface area contributed by atoms with Crippen molar-refractivity contribution in [2.45, 2.75) is 63.7 Å². The summed E-state index contributed by atoms with van der Waals surface area (Å²) in [6.07, 6.45) is 1.24. The first-order valence-electron chi connectivity index (χ1n) is 11.8. The lowest BCUT2D eigenvalue weighted by Crippen LogP contribution is -2.19. The third kappa shape index (κ3) is 5.98. The summed E-state index contributed by atoms with van der Waals surface area (Å²) < 4.78 is 52.7. The quantitative estimate of drug-likeness (QED) is 0.277. The number of hydrogen-bond acceptors (Lipinski definition) is 6. The van der Waals surface area contributed by atoms with E-state index in [9.17, 15) is 27.9 Å². The second-order valence-corrected chi connectivity index (χ2v) is 9.85. The predicted octanol–water partition coefficient (Wildman–Crippen LogP) is 6.72. The van der Waals surface area contributed by atoms with Gasteiger partial charge in [-0.3, -0.25) is 9.59 Å². The van der Waals surface area contributed by atoms with Gasteiger partial charge < -0.3 is 19.5 Å². The molecule has 0 aliphatic heterocycles. The summed E-state index contributed by atoms with van der Waals surface area (Å²) in [4.78, 5) is 24.2. The number of nitrogens with one attached hydrogen (secondary N) is 1. The number of alkyl halides is 2. The van der Waals surface area contributed by atoms with Crippen molar-refractivity contribution in [2.24, 2.45) is 5.92 Å².